The van der Waals surface area contributed by atoms with E-state index >= 15 is 4.39 Å². The lowest BCUT2D eigenvalue weighted by Gasteiger charge is -2.17. The van der Waals surface area contributed by atoms with Crippen LogP contribution in [0.25, 0.3) is 6.20 Å². The van der Waals surface area contributed by atoms with Gasteiger partial charge >= 0.3 is 0 Å². The Bertz CT molecular complexity index is 1700. The lowest BCUT2D eigenvalue weighted by Crippen LogP contribution is -2.22. The van der Waals surface area contributed by atoms with Crippen molar-refractivity contribution in [3.05, 3.63) is 115 Å². The average molecular weight is 577 g/mol. The first-order valence-electron chi connectivity index (χ1n) is 13.5. The van der Waals surface area contributed by atoms with Gasteiger partial charge in [-0.25, -0.2) is 4.39 Å². The van der Waals surface area contributed by atoms with E-state index in [1.54, 1.807) is 57.4 Å². The number of anilines is 1. The minimum absolute atomic E-state index is 0.0791. The molecule has 0 radical (unpaired) electrons. The highest BCUT2D eigenvalue weighted by atomic mass is 35.5. The van der Waals surface area contributed by atoms with Gasteiger partial charge in [0.05, 0.1) is 11.4 Å². The Labute approximate surface area is 243 Å². The molecular formula is C32H34ClFN4O3. The third-order valence-electron chi connectivity index (χ3n) is 7.44. The second kappa shape index (κ2) is 12.2. The summed E-state index contributed by atoms with van der Waals surface area (Å²) >= 11 is 6.58. The molecule has 0 saturated heterocycles. The summed E-state index contributed by atoms with van der Waals surface area (Å²) in [7, 11) is 1.70. The average Bonchev–Trinajstić information content (AvgIpc) is 3.69. The quantitative estimate of drug-likeness (QED) is 0.307. The number of hydrogen-bond donors (Lipinski definition) is 1. The molecule has 3 aromatic rings. The molecule has 0 bridgehead atoms. The van der Waals surface area contributed by atoms with Crippen molar-refractivity contribution in [2.45, 2.75) is 52.9 Å². The highest BCUT2D eigenvalue weighted by Gasteiger charge is 2.45. The summed E-state index contributed by atoms with van der Waals surface area (Å²) in [5.41, 5.74) is 1.87. The molecule has 7 nitrogen and oxygen atoms in total. The molecule has 1 aliphatic carbocycles. The molecule has 1 fully saturated rings. The summed E-state index contributed by atoms with van der Waals surface area (Å²) in [6.07, 6.45) is 10.2. The summed E-state index contributed by atoms with van der Waals surface area (Å²) in [6.45, 7) is 7.42. The topological polar surface area (TPSA) is 85.5 Å². The Morgan fingerprint density at radius 1 is 1.24 bits per heavy atom. The summed E-state index contributed by atoms with van der Waals surface area (Å²) in [5.74, 6) is -0.900. The number of allylic oxidation sites excluding steroid dienone is 2. The van der Waals surface area contributed by atoms with E-state index in [0.717, 1.165) is 18.4 Å². The van der Waals surface area contributed by atoms with Crippen LogP contribution in [0.15, 0.2) is 75.5 Å². The maximum Gasteiger partial charge on any atom is 0.273 e. The SMILES string of the molecule is C/C=C/N=C(/C=C/n1c(C)cc(C(C)Cc2ccc(=O)n(C)c2)c(Cl)c1=O)c1cccc(NC(=O)C2(C)CC2)c1F. The molecule has 41 heavy (non-hydrogen) atoms. The monoisotopic (exact) mass is 576 g/mol. The molecule has 9 heteroatoms. The number of hydrogen-bond acceptors (Lipinski definition) is 4. The van der Waals surface area contributed by atoms with Crippen molar-refractivity contribution < 1.29 is 9.18 Å². The second-order valence-electron chi connectivity index (χ2n) is 10.8. The van der Waals surface area contributed by atoms with Crippen LogP contribution < -0.4 is 16.4 Å². The minimum atomic E-state index is -0.609. The summed E-state index contributed by atoms with van der Waals surface area (Å²) < 4.78 is 18.5. The molecule has 0 spiro atoms. The number of aryl methyl sites for hydroxylation is 2. The predicted octanol–water partition coefficient (Wildman–Crippen LogP) is 6.23. The van der Waals surface area contributed by atoms with Gasteiger partial charge in [-0.2, -0.15) is 0 Å². The Hall–Kier alpha value is -4.04. The molecule has 1 saturated carbocycles. The van der Waals surface area contributed by atoms with Crippen molar-refractivity contribution in [2.24, 2.45) is 17.5 Å². The van der Waals surface area contributed by atoms with Gasteiger partial charge in [-0.1, -0.05) is 43.7 Å². The fraction of sp³-hybridized carbons (Fsp3) is 0.312. The van der Waals surface area contributed by atoms with E-state index in [1.807, 2.05) is 19.9 Å². The second-order valence-corrected chi connectivity index (χ2v) is 11.2. The van der Waals surface area contributed by atoms with Crippen molar-refractivity contribution in [3.8, 4) is 0 Å². The summed E-state index contributed by atoms with van der Waals surface area (Å²) in [5, 5.41) is 2.79. The van der Waals surface area contributed by atoms with Crippen LogP contribution in [0.4, 0.5) is 10.1 Å². The third-order valence-corrected chi connectivity index (χ3v) is 7.82. The smallest absolute Gasteiger partial charge is 0.273 e. The lowest BCUT2D eigenvalue weighted by molar-refractivity contribution is -0.120. The molecule has 4 rings (SSSR count). The first-order valence-corrected chi connectivity index (χ1v) is 13.9. The highest BCUT2D eigenvalue weighted by Crippen LogP contribution is 2.45. The molecule has 1 atom stereocenters. The van der Waals surface area contributed by atoms with E-state index in [4.69, 9.17) is 11.6 Å². The van der Waals surface area contributed by atoms with Crippen LogP contribution in [0.1, 0.15) is 61.9 Å². The zero-order valence-electron chi connectivity index (χ0n) is 23.9. The number of nitrogens with one attached hydrogen (secondary N) is 1. The van der Waals surface area contributed by atoms with E-state index in [-0.39, 0.29) is 39.4 Å². The zero-order valence-corrected chi connectivity index (χ0v) is 24.6. The number of carbonyl (C=O) groups is 1. The van der Waals surface area contributed by atoms with Crippen LogP contribution in [0.3, 0.4) is 0 Å². The van der Waals surface area contributed by atoms with Crippen LogP contribution in [0.5, 0.6) is 0 Å². The molecule has 1 aliphatic rings. The van der Waals surface area contributed by atoms with Gasteiger partial charge in [0, 0.05) is 48.4 Å². The number of halogens is 2. The number of rotatable bonds is 9. The summed E-state index contributed by atoms with van der Waals surface area (Å²) in [6, 6.07) is 9.90. The molecular weight excluding hydrogens is 543 g/mol. The van der Waals surface area contributed by atoms with Crippen LogP contribution in [0, 0.1) is 18.2 Å². The third kappa shape index (κ3) is 6.65. The fourth-order valence-electron chi connectivity index (χ4n) is 4.54. The largest absolute Gasteiger partial charge is 0.323 e. The minimum Gasteiger partial charge on any atom is -0.323 e. The van der Waals surface area contributed by atoms with Gasteiger partial charge in [0.25, 0.3) is 5.56 Å². The number of carbonyl (C=O) groups excluding carboxylic acids is 1. The van der Waals surface area contributed by atoms with Crippen LogP contribution in [-0.2, 0) is 18.3 Å². The molecule has 2 heterocycles. The van der Waals surface area contributed by atoms with Gasteiger partial charge in [-0.15, -0.1) is 0 Å². The van der Waals surface area contributed by atoms with E-state index in [1.165, 1.54) is 33.7 Å². The zero-order chi connectivity index (χ0) is 29.9. The predicted molar refractivity (Wildman–Crippen MR) is 163 cm³/mol. The Morgan fingerprint density at radius 3 is 2.63 bits per heavy atom. The van der Waals surface area contributed by atoms with Crippen molar-refractivity contribution in [3.63, 3.8) is 0 Å². The Kier molecular flexibility index (Phi) is 8.92. The highest BCUT2D eigenvalue weighted by molar-refractivity contribution is 6.31. The Balaban J connectivity index is 1.64. The van der Waals surface area contributed by atoms with Gasteiger partial charge in [0.2, 0.25) is 11.5 Å². The molecule has 1 amide bonds. The lowest BCUT2D eigenvalue weighted by atomic mass is 9.94. The van der Waals surface area contributed by atoms with Gasteiger partial charge in [0.15, 0.2) is 5.82 Å². The maximum absolute atomic E-state index is 15.6. The van der Waals surface area contributed by atoms with Crippen molar-refractivity contribution >= 4 is 35.1 Å². The van der Waals surface area contributed by atoms with E-state index in [9.17, 15) is 14.4 Å². The van der Waals surface area contributed by atoms with Gasteiger partial charge in [-0.3, -0.25) is 23.9 Å². The maximum atomic E-state index is 15.6. The number of pyridine rings is 2. The molecule has 0 aliphatic heterocycles. The van der Waals surface area contributed by atoms with E-state index in [0.29, 0.717) is 17.7 Å². The van der Waals surface area contributed by atoms with Crippen molar-refractivity contribution in [1.29, 1.82) is 0 Å². The number of aliphatic imine (C=N–C) groups is 1. The van der Waals surface area contributed by atoms with Gasteiger partial charge < -0.3 is 9.88 Å². The van der Waals surface area contributed by atoms with Gasteiger partial charge in [0.1, 0.15) is 5.02 Å². The number of benzene rings is 1. The van der Waals surface area contributed by atoms with Crippen LogP contribution in [0.2, 0.25) is 5.02 Å². The van der Waals surface area contributed by atoms with E-state index < -0.39 is 16.8 Å². The molecule has 214 valence electrons. The standard InChI is InChI=1S/C32H34ClFN4O3/c1-6-15-35-25(23-8-7-9-26(29(23)34)36-31(41)32(4)13-14-32)12-16-38-21(3)18-24(28(33)30(38)40)20(2)17-22-10-11-27(39)37(5)19-22/h6-12,15-16,18-20H,13-14,17H2,1-5H3,(H,36,41)/b15-6+,16-12+,35-25-. The molecule has 1 N–H and O–H groups in total. The first kappa shape index (κ1) is 29.9. The van der Waals surface area contributed by atoms with E-state index in [2.05, 4.69) is 10.3 Å². The Morgan fingerprint density at radius 2 is 1.98 bits per heavy atom. The number of amides is 1. The molecule has 1 unspecified atom stereocenters. The normalized spacial score (nSPS) is 15.4. The van der Waals surface area contributed by atoms with Gasteiger partial charge in [-0.05, 0) is 74.4 Å². The van der Waals surface area contributed by atoms with Crippen LogP contribution in [-0.4, -0.2) is 20.8 Å². The first-order chi connectivity index (χ1) is 19.4. The van der Waals surface area contributed by atoms with Crippen LogP contribution >= 0.6 is 11.6 Å². The molecule has 2 aromatic heterocycles. The number of aromatic nitrogens is 2. The van der Waals surface area contributed by atoms with Crippen molar-refractivity contribution in [1.82, 2.24) is 9.13 Å². The number of nitrogens with zero attached hydrogens (tertiary/aromatic N) is 3. The summed E-state index contributed by atoms with van der Waals surface area (Å²) in [4.78, 5) is 42.0. The molecule has 1 aromatic carbocycles. The van der Waals surface area contributed by atoms with Crippen molar-refractivity contribution in [2.75, 3.05) is 5.32 Å². The fourth-order valence-corrected chi connectivity index (χ4v) is 4.88.